The van der Waals surface area contributed by atoms with E-state index in [1.807, 2.05) is 63.2 Å². The molecule has 2 nitrogen and oxygen atoms in total. The van der Waals surface area contributed by atoms with Crippen LogP contribution in [-0.4, -0.2) is 5.91 Å². The molecule has 3 heteroatoms. The summed E-state index contributed by atoms with van der Waals surface area (Å²) in [6.07, 6.45) is 1.66. The minimum Gasteiger partial charge on any atom is -0.321 e. The molecule has 21 heavy (non-hydrogen) atoms. The average Bonchev–Trinajstić information content (AvgIpc) is 2.43. The molecule has 108 valence electrons. The zero-order valence-electron chi connectivity index (χ0n) is 12.4. The number of halogens is 1. The molecule has 0 spiro atoms. The lowest BCUT2D eigenvalue weighted by Gasteiger charge is -2.12. The summed E-state index contributed by atoms with van der Waals surface area (Å²) in [6.45, 7) is 5.99. The lowest BCUT2D eigenvalue weighted by atomic mass is 10.1. The second-order valence-corrected chi connectivity index (χ2v) is 5.54. The summed E-state index contributed by atoms with van der Waals surface area (Å²) in [5, 5.41) is 3.05. The molecule has 1 N–H and O–H groups in total. The van der Waals surface area contributed by atoms with Crippen LogP contribution in [0.4, 0.5) is 5.69 Å². The highest BCUT2D eigenvalue weighted by Crippen LogP contribution is 2.23. The molecular weight excluding hydrogens is 282 g/mol. The van der Waals surface area contributed by atoms with Crippen molar-refractivity contribution in [3.63, 3.8) is 0 Å². The molecule has 0 aromatic heterocycles. The van der Waals surface area contributed by atoms with E-state index in [9.17, 15) is 4.79 Å². The van der Waals surface area contributed by atoms with Gasteiger partial charge in [0.15, 0.2) is 0 Å². The van der Waals surface area contributed by atoms with Crippen LogP contribution < -0.4 is 5.32 Å². The van der Waals surface area contributed by atoms with E-state index in [4.69, 9.17) is 11.6 Å². The first-order chi connectivity index (χ1) is 9.97. The fourth-order valence-electron chi connectivity index (χ4n) is 2.31. The lowest BCUT2D eigenvalue weighted by molar-refractivity contribution is -0.112. The molecule has 2 aromatic rings. The average molecular weight is 300 g/mol. The zero-order valence-corrected chi connectivity index (χ0v) is 13.2. The van der Waals surface area contributed by atoms with E-state index < -0.39 is 0 Å². The van der Waals surface area contributed by atoms with Gasteiger partial charge >= 0.3 is 0 Å². The van der Waals surface area contributed by atoms with Gasteiger partial charge in [0.2, 0.25) is 0 Å². The van der Waals surface area contributed by atoms with Gasteiger partial charge in [-0.2, -0.15) is 0 Å². The van der Waals surface area contributed by atoms with Crippen molar-refractivity contribution < 1.29 is 4.79 Å². The van der Waals surface area contributed by atoms with Crippen LogP contribution in [-0.2, 0) is 4.79 Å². The Balaban J connectivity index is 2.21. The van der Waals surface area contributed by atoms with E-state index in [0.29, 0.717) is 0 Å². The molecule has 0 saturated heterocycles. The van der Waals surface area contributed by atoms with Gasteiger partial charge < -0.3 is 5.32 Å². The maximum absolute atomic E-state index is 12.2. The van der Waals surface area contributed by atoms with Gasteiger partial charge in [0.05, 0.1) is 0 Å². The Hall–Kier alpha value is -2.06. The minimum atomic E-state index is -0.296. The number of carbonyl (C=O) groups is 1. The SMILES string of the molecule is Cc1cc(C)c(NC(=O)C(Cl)=Cc2ccccc2)c(C)c1. The van der Waals surface area contributed by atoms with E-state index >= 15 is 0 Å². The van der Waals surface area contributed by atoms with Gasteiger partial charge in [0.25, 0.3) is 5.91 Å². The Morgan fingerprint density at radius 2 is 1.62 bits per heavy atom. The number of amides is 1. The standard InChI is InChI=1S/C18H18ClNO/c1-12-9-13(2)17(14(3)10-12)20-18(21)16(19)11-15-7-5-4-6-8-15/h4-11H,1-3H3,(H,20,21). The van der Waals surface area contributed by atoms with E-state index in [0.717, 1.165) is 22.4 Å². The molecule has 0 heterocycles. The lowest BCUT2D eigenvalue weighted by Crippen LogP contribution is -2.13. The topological polar surface area (TPSA) is 29.1 Å². The maximum Gasteiger partial charge on any atom is 0.267 e. The fraction of sp³-hybridized carbons (Fsp3) is 0.167. The van der Waals surface area contributed by atoms with Gasteiger partial charge in [-0.3, -0.25) is 4.79 Å². The van der Waals surface area contributed by atoms with E-state index in [-0.39, 0.29) is 10.9 Å². The molecular formula is C18H18ClNO. The molecule has 2 aromatic carbocycles. The van der Waals surface area contributed by atoms with Crippen molar-refractivity contribution in [2.75, 3.05) is 5.32 Å². The van der Waals surface area contributed by atoms with Gasteiger partial charge in [-0.15, -0.1) is 0 Å². The van der Waals surface area contributed by atoms with Crippen molar-refractivity contribution >= 4 is 29.3 Å². The first kappa shape index (κ1) is 15.3. The second kappa shape index (κ2) is 6.59. The molecule has 1 amide bonds. The van der Waals surface area contributed by atoms with Gasteiger partial charge in [-0.25, -0.2) is 0 Å². The third kappa shape index (κ3) is 3.96. The van der Waals surface area contributed by atoms with Crippen molar-refractivity contribution in [2.24, 2.45) is 0 Å². The van der Waals surface area contributed by atoms with Crippen molar-refractivity contribution in [3.8, 4) is 0 Å². The Morgan fingerprint density at radius 1 is 1.05 bits per heavy atom. The molecule has 0 radical (unpaired) electrons. The summed E-state index contributed by atoms with van der Waals surface area (Å²) < 4.78 is 0. The first-order valence-electron chi connectivity index (χ1n) is 6.79. The smallest absolute Gasteiger partial charge is 0.267 e. The monoisotopic (exact) mass is 299 g/mol. The van der Waals surface area contributed by atoms with Gasteiger partial charge in [0.1, 0.15) is 5.03 Å². The number of hydrogen-bond donors (Lipinski definition) is 1. The molecule has 0 atom stereocenters. The Morgan fingerprint density at radius 3 is 2.19 bits per heavy atom. The quantitative estimate of drug-likeness (QED) is 0.808. The third-order valence-electron chi connectivity index (χ3n) is 3.23. The summed E-state index contributed by atoms with van der Waals surface area (Å²) in [7, 11) is 0. The van der Waals surface area contributed by atoms with Crippen molar-refractivity contribution in [3.05, 3.63) is 69.8 Å². The largest absolute Gasteiger partial charge is 0.321 e. The molecule has 0 unspecified atom stereocenters. The minimum absolute atomic E-state index is 0.167. The number of anilines is 1. The molecule has 0 aliphatic carbocycles. The normalized spacial score (nSPS) is 11.3. The number of hydrogen-bond acceptors (Lipinski definition) is 1. The summed E-state index contributed by atoms with van der Waals surface area (Å²) >= 11 is 6.10. The highest BCUT2D eigenvalue weighted by molar-refractivity contribution is 6.45. The predicted octanol–water partition coefficient (Wildman–Crippen LogP) is 4.83. The van der Waals surface area contributed by atoms with E-state index in [2.05, 4.69) is 5.32 Å². The number of nitrogens with one attached hydrogen (secondary N) is 1. The summed E-state index contributed by atoms with van der Waals surface area (Å²) in [5.74, 6) is -0.296. The number of rotatable bonds is 3. The zero-order chi connectivity index (χ0) is 15.4. The number of carbonyl (C=O) groups excluding carboxylic acids is 1. The molecule has 2 rings (SSSR count). The Kier molecular flexibility index (Phi) is 4.81. The van der Waals surface area contributed by atoms with Crippen LogP contribution in [0.2, 0.25) is 0 Å². The molecule has 0 fully saturated rings. The molecule has 0 aliphatic rings. The number of aryl methyl sites for hydroxylation is 3. The van der Waals surface area contributed by atoms with Crippen LogP contribution in [0.25, 0.3) is 6.08 Å². The van der Waals surface area contributed by atoms with E-state index in [1.165, 1.54) is 5.56 Å². The molecule has 0 aliphatic heterocycles. The van der Waals surface area contributed by atoms with Crippen LogP contribution in [0, 0.1) is 20.8 Å². The van der Waals surface area contributed by atoms with Crippen LogP contribution in [0.1, 0.15) is 22.3 Å². The Bertz CT molecular complexity index is 667. The van der Waals surface area contributed by atoms with Gasteiger partial charge in [-0.05, 0) is 43.5 Å². The summed E-state index contributed by atoms with van der Waals surface area (Å²) in [5.41, 5.74) is 4.96. The maximum atomic E-state index is 12.2. The third-order valence-corrected chi connectivity index (χ3v) is 3.51. The first-order valence-corrected chi connectivity index (χ1v) is 7.16. The van der Waals surface area contributed by atoms with E-state index in [1.54, 1.807) is 6.08 Å². The van der Waals surface area contributed by atoms with Crippen molar-refractivity contribution in [1.29, 1.82) is 0 Å². The number of benzene rings is 2. The summed E-state index contributed by atoms with van der Waals surface area (Å²) in [4.78, 5) is 12.2. The van der Waals surface area contributed by atoms with Crippen molar-refractivity contribution in [2.45, 2.75) is 20.8 Å². The highest BCUT2D eigenvalue weighted by atomic mass is 35.5. The Labute approximate surface area is 130 Å². The van der Waals surface area contributed by atoms with Gasteiger partial charge in [-0.1, -0.05) is 59.6 Å². The van der Waals surface area contributed by atoms with Crippen LogP contribution in [0.3, 0.4) is 0 Å². The van der Waals surface area contributed by atoms with Crippen LogP contribution in [0.5, 0.6) is 0 Å². The van der Waals surface area contributed by atoms with Gasteiger partial charge in [0, 0.05) is 5.69 Å². The fourth-order valence-corrected chi connectivity index (χ4v) is 2.48. The van der Waals surface area contributed by atoms with Crippen LogP contribution in [0.15, 0.2) is 47.5 Å². The second-order valence-electron chi connectivity index (χ2n) is 5.13. The molecule has 0 saturated carbocycles. The summed E-state index contributed by atoms with van der Waals surface area (Å²) in [6, 6.07) is 13.6. The van der Waals surface area contributed by atoms with Crippen LogP contribution >= 0.6 is 11.6 Å². The predicted molar refractivity (Wildman–Crippen MR) is 89.6 cm³/mol. The highest BCUT2D eigenvalue weighted by Gasteiger charge is 2.11. The van der Waals surface area contributed by atoms with Crippen molar-refractivity contribution in [1.82, 2.24) is 0 Å². The molecule has 0 bridgehead atoms.